The van der Waals surface area contributed by atoms with E-state index >= 15 is 0 Å². The fourth-order valence-electron chi connectivity index (χ4n) is 3.22. The monoisotopic (exact) mass is 380 g/mol. The van der Waals surface area contributed by atoms with Crippen LogP contribution in [0.3, 0.4) is 0 Å². The number of Topliss-reactive ketones (excluding diaryl/α,β-unsaturated/α-hetero) is 1. The second-order valence-corrected chi connectivity index (χ2v) is 7.35. The highest BCUT2D eigenvalue weighted by molar-refractivity contribution is 6.03. The first kappa shape index (κ1) is 23.1. The summed E-state index contributed by atoms with van der Waals surface area (Å²) in [5.74, 6) is -2.33. The van der Waals surface area contributed by atoms with Crippen LogP contribution < -0.4 is 0 Å². The van der Waals surface area contributed by atoms with Crippen LogP contribution in [-0.2, 0) is 19.1 Å². The van der Waals surface area contributed by atoms with Gasteiger partial charge in [-0.3, -0.25) is 9.59 Å². The number of carbonyl (C=O) groups excluding carboxylic acids is 2. The fraction of sp³-hybridized carbons (Fsp3) is 0.619. The summed E-state index contributed by atoms with van der Waals surface area (Å²) in [5.41, 5.74) is -0.402. The highest BCUT2D eigenvalue weighted by Gasteiger charge is 2.42. The maximum absolute atomic E-state index is 12.7. The molecule has 0 aromatic heterocycles. The van der Waals surface area contributed by atoms with Gasteiger partial charge < -0.3 is 19.7 Å². The first-order valence-electron chi connectivity index (χ1n) is 9.26. The Morgan fingerprint density at radius 2 is 2.00 bits per heavy atom. The molecule has 1 rings (SSSR count). The van der Waals surface area contributed by atoms with Crippen LogP contribution in [0.1, 0.15) is 47.0 Å². The second kappa shape index (κ2) is 9.85. The van der Waals surface area contributed by atoms with E-state index in [1.54, 1.807) is 6.08 Å². The van der Waals surface area contributed by atoms with Crippen LogP contribution in [0.5, 0.6) is 0 Å². The number of allylic oxidation sites excluding steroid dienone is 3. The molecular formula is C21H32O6. The minimum atomic E-state index is -2.12. The number of cyclic esters (lactones) is 1. The number of esters is 1. The van der Waals surface area contributed by atoms with Gasteiger partial charge in [0.05, 0.1) is 19.5 Å². The molecule has 0 fully saturated rings. The Morgan fingerprint density at radius 1 is 1.37 bits per heavy atom. The first-order chi connectivity index (χ1) is 12.6. The third kappa shape index (κ3) is 6.04. The molecule has 6 nitrogen and oxygen atoms in total. The molecule has 0 radical (unpaired) electrons. The Hall–Kier alpha value is -1.92. The van der Waals surface area contributed by atoms with Gasteiger partial charge in [0.1, 0.15) is 12.0 Å². The summed E-state index contributed by atoms with van der Waals surface area (Å²) in [7, 11) is 1.44. The zero-order chi connectivity index (χ0) is 20.8. The number of hydrogen-bond donors (Lipinski definition) is 2. The van der Waals surface area contributed by atoms with Crippen LogP contribution in [0.15, 0.2) is 35.6 Å². The van der Waals surface area contributed by atoms with E-state index < -0.39 is 36.0 Å². The van der Waals surface area contributed by atoms with Crippen molar-refractivity contribution in [1.82, 2.24) is 0 Å². The number of ether oxygens (including phenoxy) is 2. The van der Waals surface area contributed by atoms with Crippen LogP contribution in [-0.4, -0.2) is 47.4 Å². The Morgan fingerprint density at radius 3 is 2.52 bits per heavy atom. The van der Waals surface area contributed by atoms with E-state index in [9.17, 15) is 19.8 Å². The number of aliphatic hydroxyl groups excluding tert-OH is 1. The molecule has 0 spiro atoms. The molecule has 0 saturated heterocycles. The highest BCUT2D eigenvalue weighted by Crippen LogP contribution is 2.27. The van der Waals surface area contributed by atoms with Crippen molar-refractivity contribution in [3.8, 4) is 0 Å². The third-order valence-electron chi connectivity index (χ3n) is 4.82. The van der Waals surface area contributed by atoms with Crippen molar-refractivity contribution in [2.45, 2.75) is 58.7 Å². The van der Waals surface area contributed by atoms with Gasteiger partial charge >= 0.3 is 5.97 Å². The van der Waals surface area contributed by atoms with Gasteiger partial charge in [-0.2, -0.15) is 0 Å². The topological polar surface area (TPSA) is 93.1 Å². The molecule has 0 unspecified atom stereocenters. The molecule has 0 aromatic rings. The summed E-state index contributed by atoms with van der Waals surface area (Å²) in [6, 6.07) is 0. The molecule has 0 saturated carbocycles. The van der Waals surface area contributed by atoms with Crippen LogP contribution in [0.4, 0.5) is 0 Å². The highest BCUT2D eigenvalue weighted by atomic mass is 16.5. The number of hydrogen-bond acceptors (Lipinski definition) is 6. The molecule has 1 heterocycles. The molecule has 152 valence electrons. The lowest BCUT2D eigenvalue weighted by molar-refractivity contribution is -0.162. The molecule has 6 heteroatoms. The third-order valence-corrected chi connectivity index (χ3v) is 4.82. The normalized spacial score (nSPS) is 35.4. The predicted octanol–water partition coefficient (Wildman–Crippen LogP) is 2.70. The van der Waals surface area contributed by atoms with Gasteiger partial charge in [-0.15, -0.1) is 0 Å². The Kier molecular flexibility index (Phi) is 8.44. The van der Waals surface area contributed by atoms with Crippen molar-refractivity contribution in [2.24, 2.45) is 11.8 Å². The average Bonchev–Trinajstić information content (AvgIpc) is 2.62. The van der Waals surface area contributed by atoms with Crippen LogP contribution in [0.25, 0.3) is 0 Å². The van der Waals surface area contributed by atoms with Crippen molar-refractivity contribution in [1.29, 1.82) is 0 Å². The number of aliphatic hydroxyl groups is 2. The van der Waals surface area contributed by atoms with Crippen molar-refractivity contribution in [3.05, 3.63) is 35.6 Å². The van der Waals surface area contributed by atoms with Crippen molar-refractivity contribution in [3.63, 3.8) is 0 Å². The molecule has 1 aliphatic heterocycles. The number of carbonyl (C=O) groups is 2. The number of rotatable bonds is 3. The zero-order valence-electron chi connectivity index (χ0n) is 16.9. The molecule has 0 aromatic carbocycles. The van der Waals surface area contributed by atoms with Gasteiger partial charge in [0.15, 0.2) is 11.4 Å². The molecular weight excluding hydrogens is 348 g/mol. The zero-order valence-corrected chi connectivity index (χ0v) is 16.9. The summed E-state index contributed by atoms with van der Waals surface area (Å²) in [6.07, 6.45) is 4.19. The Bertz CT molecular complexity index is 633. The standard InChI is InChI=1S/C21H32O6/c1-7-18-15(4)9-13(2)8-14(3)10-17(26-6)11-21(25,12-22)19(23)16(5)20(24)27-18/h9-10,14,16,18,22,25H,2,7-8,11-12H2,1,3-6H3/b15-9-,17-10+/t14-,16+,18-,21+/m0/s1. The van der Waals surface area contributed by atoms with Gasteiger partial charge in [0.25, 0.3) is 0 Å². The summed E-state index contributed by atoms with van der Waals surface area (Å²) >= 11 is 0. The Labute approximate surface area is 161 Å². The van der Waals surface area contributed by atoms with Crippen LogP contribution in [0, 0.1) is 11.8 Å². The molecule has 1 aliphatic rings. The van der Waals surface area contributed by atoms with E-state index in [-0.39, 0.29) is 12.3 Å². The summed E-state index contributed by atoms with van der Waals surface area (Å²) in [4.78, 5) is 25.2. The number of ketones is 1. The summed E-state index contributed by atoms with van der Waals surface area (Å²) in [6.45, 7) is 10.3. The first-order valence-corrected chi connectivity index (χ1v) is 9.26. The predicted molar refractivity (Wildman–Crippen MR) is 103 cm³/mol. The van der Waals surface area contributed by atoms with E-state index in [2.05, 4.69) is 6.58 Å². The lowest BCUT2D eigenvalue weighted by Crippen LogP contribution is -2.48. The lowest BCUT2D eigenvalue weighted by atomic mass is 9.86. The molecule has 4 atom stereocenters. The van der Waals surface area contributed by atoms with Crippen LogP contribution in [0.2, 0.25) is 0 Å². The van der Waals surface area contributed by atoms with E-state index in [4.69, 9.17) is 9.47 Å². The van der Waals surface area contributed by atoms with E-state index in [0.29, 0.717) is 18.6 Å². The minimum absolute atomic E-state index is 0.0394. The molecule has 0 aliphatic carbocycles. The molecule has 27 heavy (non-hydrogen) atoms. The molecule has 2 N–H and O–H groups in total. The van der Waals surface area contributed by atoms with E-state index in [0.717, 1.165) is 11.1 Å². The fourth-order valence-corrected chi connectivity index (χ4v) is 3.22. The number of methoxy groups -OCH3 is 1. The second-order valence-electron chi connectivity index (χ2n) is 7.35. The van der Waals surface area contributed by atoms with E-state index in [1.807, 2.05) is 26.8 Å². The van der Waals surface area contributed by atoms with Gasteiger partial charge in [0.2, 0.25) is 0 Å². The van der Waals surface area contributed by atoms with Crippen LogP contribution >= 0.6 is 0 Å². The SMILES string of the molecule is C=C1/C=C(/C)[C@H](CC)OC(=O)[C@H](C)C(=O)[C@](O)(CO)C/C(OC)=C\[C@@H](C)C1. The minimum Gasteiger partial charge on any atom is -0.501 e. The maximum atomic E-state index is 12.7. The summed E-state index contributed by atoms with van der Waals surface area (Å²) < 4.78 is 10.8. The maximum Gasteiger partial charge on any atom is 0.316 e. The summed E-state index contributed by atoms with van der Waals surface area (Å²) in [5, 5.41) is 20.4. The quantitative estimate of drug-likeness (QED) is 0.578. The smallest absolute Gasteiger partial charge is 0.316 e. The lowest BCUT2D eigenvalue weighted by Gasteiger charge is -2.29. The molecule has 0 amide bonds. The van der Waals surface area contributed by atoms with Gasteiger partial charge in [0, 0.05) is 6.42 Å². The molecule has 0 bridgehead atoms. The average molecular weight is 380 g/mol. The van der Waals surface area contributed by atoms with Crippen molar-refractivity contribution >= 4 is 11.8 Å². The Balaban J connectivity index is 3.38. The van der Waals surface area contributed by atoms with Gasteiger partial charge in [-0.05, 0) is 44.3 Å². The largest absolute Gasteiger partial charge is 0.501 e. The van der Waals surface area contributed by atoms with Gasteiger partial charge in [-0.1, -0.05) is 32.1 Å². The van der Waals surface area contributed by atoms with Crippen molar-refractivity contribution in [2.75, 3.05) is 13.7 Å². The van der Waals surface area contributed by atoms with E-state index in [1.165, 1.54) is 14.0 Å². The van der Waals surface area contributed by atoms with Gasteiger partial charge in [-0.25, -0.2) is 0 Å². The van der Waals surface area contributed by atoms with Crippen molar-refractivity contribution < 1.29 is 29.3 Å².